The zero-order chi connectivity index (χ0) is 12.5. The highest BCUT2D eigenvalue weighted by Crippen LogP contribution is 2.24. The first kappa shape index (κ1) is 12.6. The predicted molar refractivity (Wildman–Crippen MR) is 61.4 cm³/mol. The average molecular weight is 222 g/mol. The van der Waals surface area contributed by atoms with Gasteiger partial charge < -0.3 is 10.2 Å². The molecular formula is C12H18N2O2. The van der Waals surface area contributed by atoms with Crippen molar-refractivity contribution < 1.29 is 9.59 Å². The number of amides is 2. The van der Waals surface area contributed by atoms with Gasteiger partial charge >= 0.3 is 0 Å². The molecule has 0 aromatic rings. The molecule has 1 aliphatic rings. The van der Waals surface area contributed by atoms with Gasteiger partial charge in [0.05, 0.1) is 12.1 Å². The number of carbonyl (C=O) groups excluding carboxylic acids is 2. The number of nitrogens with one attached hydrogen (secondary N) is 1. The third-order valence-electron chi connectivity index (χ3n) is 2.82. The Morgan fingerprint density at radius 3 is 2.50 bits per heavy atom. The Morgan fingerprint density at radius 1 is 1.50 bits per heavy atom. The molecule has 0 spiro atoms. The normalized spacial score (nSPS) is 22.0. The van der Waals surface area contributed by atoms with Crippen LogP contribution < -0.4 is 5.32 Å². The van der Waals surface area contributed by atoms with Crippen LogP contribution in [0.5, 0.6) is 0 Å². The molecule has 0 aromatic heterocycles. The lowest BCUT2D eigenvalue weighted by Gasteiger charge is -2.44. The fourth-order valence-electron chi connectivity index (χ4n) is 1.95. The van der Waals surface area contributed by atoms with E-state index in [0.717, 1.165) is 0 Å². The smallest absolute Gasteiger partial charge is 0.243 e. The first-order chi connectivity index (χ1) is 7.31. The van der Waals surface area contributed by atoms with E-state index in [1.165, 1.54) is 4.90 Å². The van der Waals surface area contributed by atoms with Crippen LogP contribution in [0.15, 0.2) is 0 Å². The Hall–Kier alpha value is -1.50. The van der Waals surface area contributed by atoms with E-state index in [2.05, 4.69) is 11.2 Å². The van der Waals surface area contributed by atoms with Gasteiger partial charge in [-0.1, -0.05) is 19.8 Å². The molecule has 1 saturated heterocycles. The lowest BCUT2D eigenvalue weighted by atomic mass is 9.92. The van der Waals surface area contributed by atoms with Gasteiger partial charge in [-0.05, 0) is 19.8 Å². The van der Waals surface area contributed by atoms with Crippen LogP contribution in [0, 0.1) is 18.3 Å². The van der Waals surface area contributed by atoms with E-state index < -0.39 is 11.6 Å². The molecule has 2 amide bonds. The molecule has 0 aromatic carbocycles. The summed E-state index contributed by atoms with van der Waals surface area (Å²) in [6.45, 7) is 7.40. The van der Waals surface area contributed by atoms with Gasteiger partial charge in [0.2, 0.25) is 11.8 Å². The Balaban J connectivity index is 3.13. The van der Waals surface area contributed by atoms with Crippen LogP contribution in [0.3, 0.4) is 0 Å². The summed E-state index contributed by atoms with van der Waals surface area (Å²) in [5.41, 5.74) is -0.732. The van der Waals surface area contributed by atoms with E-state index in [9.17, 15) is 9.59 Å². The number of rotatable bonds is 2. The van der Waals surface area contributed by atoms with Gasteiger partial charge in [0.15, 0.2) is 0 Å². The number of hydrogen-bond acceptors (Lipinski definition) is 2. The minimum Gasteiger partial charge on any atom is -0.345 e. The number of carbonyl (C=O) groups is 2. The van der Waals surface area contributed by atoms with Crippen LogP contribution >= 0.6 is 0 Å². The third kappa shape index (κ3) is 2.04. The second kappa shape index (κ2) is 4.17. The van der Waals surface area contributed by atoms with Crippen molar-refractivity contribution in [2.45, 2.75) is 39.3 Å². The Morgan fingerprint density at radius 2 is 2.06 bits per heavy atom. The Labute approximate surface area is 96.4 Å². The molecule has 0 radical (unpaired) electrons. The maximum atomic E-state index is 11.9. The van der Waals surface area contributed by atoms with Crippen LogP contribution in [0.4, 0.5) is 0 Å². The van der Waals surface area contributed by atoms with Crippen molar-refractivity contribution in [3.63, 3.8) is 0 Å². The monoisotopic (exact) mass is 222 g/mol. The molecule has 4 nitrogen and oxygen atoms in total. The van der Waals surface area contributed by atoms with Crippen LogP contribution in [-0.4, -0.2) is 34.8 Å². The van der Waals surface area contributed by atoms with E-state index in [0.29, 0.717) is 0 Å². The fraction of sp³-hybridized carbons (Fsp3) is 0.667. The van der Waals surface area contributed by atoms with E-state index in [1.807, 2.05) is 13.8 Å². The molecule has 1 unspecified atom stereocenters. The zero-order valence-corrected chi connectivity index (χ0v) is 10.2. The highest BCUT2D eigenvalue weighted by atomic mass is 16.2. The zero-order valence-electron chi connectivity index (χ0n) is 10.2. The predicted octanol–water partition coefficient (Wildman–Crippen LogP) is 0.381. The molecule has 0 aliphatic carbocycles. The number of piperazine rings is 1. The van der Waals surface area contributed by atoms with Gasteiger partial charge in [-0.25, -0.2) is 0 Å². The number of nitrogens with zero attached hydrogens (tertiary/aromatic N) is 1. The van der Waals surface area contributed by atoms with Crippen LogP contribution in [-0.2, 0) is 9.59 Å². The van der Waals surface area contributed by atoms with E-state index in [-0.39, 0.29) is 24.3 Å². The molecule has 0 saturated carbocycles. The Kier molecular flexibility index (Phi) is 3.27. The molecular weight excluding hydrogens is 204 g/mol. The largest absolute Gasteiger partial charge is 0.345 e. The molecule has 16 heavy (non-hydrogen) atoms. The van der Waals surface area contributed by atoms with Gasteiger partial charge in [-0.3, -0.25) is 9.59 Å². The molecule has 1 rings (SSSR count). The Bertz CT molecular complexity index is 353. The summed E-state index contributed by atoms with van der Waals surface area (Å²) in [6, 6.07) is -0.479. The molecule has 1 aliphatic heterocycles. The molecule has 1 heterocycles. The second-order valence-corrected chi connectivity index (χ2v) is 4.87. The molecule has 1 fully saturated rings. The summed E-state index contributed by atoms with van der Waals surface area (Å²) < 4.78 is 0. The number of terminal acetylenes is 1. The van der Waals surface area contributed by atoms with Crippen molar-refractivity contribution in [3.05, 3.63) is 0 Å². The molecule has 0 bridgehead atoms. The fourth-order valence-corrected chi connectivity index (χ4v) is 1.95. The quantitative estimate of drug-likeness (QED) is 0.687. The lowest BCUT2D eigenvalue weighted by molar-refractivity contribution is -0.151. The lowest BCUT2D eigenvalue weighted by Crippen LogP contribution is -2.65. The van der Waals surface area contributed by atoms with Crippen molar-refractivity contribution in [2.75, 3.05) is 6.54 Å². The molecule has 4 heteroatoms. The summed E-state index contributed by atoms with van der Waals surface area (Å²) in [7, 11) is 0. The van der Waals surface area contributed by atoms with E-state index in [1.54, 1.807) is 13.8 Å². The van der Waals surface area contributed by atoms with Crippen LogP contribution in [0.1, 0.15) is 27.7 Å². The molecule has 1 N–H and O–H groups in total. The maximum Gasteiger partial charge on any atom is 0.243 e. The first-order valence-electron chi connectivity index (χ1n) is 5.39. The van der Waals surface area contributed by atoms with Gasteiger partial charge in [-0.2, -0.15) is 0 Å². The van der Waals surface area contributed by atoms with Crippen LogP contribution in [0.25, 0.3) is 0 Å². The van der Waals surface area contributed by atoms with Gasteiger partial charge in [0, 0.05) is 0 Å². The minimum atomic E-state index is -0.732. The summed E-state index contributed by atoms with van der Waals surface area (Å²) in [5, 5.41) is 2.59. The minimum absolute atomic E-state index is 0.0349. The summed E-state index contributed by atoms with van der Waals surface area (Å²) in [5.74, 6) is 2.36. The van der Waals surface area contributed by atoms with Gasteiger partial charge in [0.1, 0.15) is 6.04 Å². The first-order valence-corrected chi connectivity index (χ1v) is 5.39. The maximum absolute atomic E-state index is 11.9. The SMILES string of the molecule is C#CC(C)(C)N1C(=O)CNC(=O)C1C(C)C. The van der Waals surface area contributed by atoms with Crippen molar-refractivity contribution in [1.82, 2.24) is 10.2 Å². The van der Waals surface area contributed by atoms with Gasteiger partial charge in [0.25, 0.3) is 0 Å². The highest BCUT2D eigenvalue weighted by Gasteiger charge is 2.43. The van der Waals surface area contributed by atoms with E-state index >= 15 is 0 Å². The summed E-state index contributed by atoms with van der Waals surface area (Å²) in [6.07, 6.45) is 5.43. The van der Waals surface area contributed by atoms with Crippen LogP contribution in [0.2, 0.25) is 0 Å². The summed E-state index contributed by atoms with van der Waals surface area (Å²) >= 11 is 0. The highest BCUT2D eigenvalue weighted by molar-refractivity contribution is 5.95. The van der Waals surface area contributed by atoms with Crippen molar-refractivity contribution >= 4 is 11.8 Å². The van der Waals surface area contributed by atoms with E-state index in [4.69, 9.17) is 6.42 Å². The molecule has 88 valence electrons. The molecule has 1 atom stereocenters. The second-order valence-electron chi connectivity index (χ2n) is 4.87. The average Bonchev–Trinajstić information content (AvgIpc) is 2.20. The standard InChI is InChI=1S/C12H18N2O2/c1-6-12(4,5)14-9(15)7-13-11(16)10(14)8(2)3/h1,8,10H,7H2,2-5H3,(H,13,16). The third-order valence-corrected chi connectivity index (χ3v) is 2.82. The van der Waals surface area contributed by atoms with Crippen molar-refractivity contribution in [1.29, 1.82) is 0 Å². The van der Waals surface area contributed by atoms with Gasteiger partial charge in [-0.15, -0.1) is 6.42 Å². The number of hydrogen-bond donors (Lipinski definition) is 1. The summed E-state index contributed by atoms with van der Waals surface area (Å²) in [4.78, 5) is 25.2. The van der Waals surface area contributed by atoms with Crippen molar-refractivity contribution in [3.8, 4) is 12.3 Å². The topological polar surface area (TPSA) is 49.4 Å². The van der Waals surface area contributed by atoms with Crippen molar-refractivity contribution in [2.24, 2.45) is 5.92 Å².